The van der Waals surface area contributed by atoms with Gasteiger partial charge in [-0.1, -0.05) is 12.1 Å². The number of methoxy groups -OCH3 is 2. The van der Waals surface area contributed by atoms with Crippen LogP contribution in [0.5, 0.6) is 11.5 Å². The molecule has 6 heteroatoms. The number of carbonyl (C=O) groups is 1. The maximum atomic E-state index is 11.7. The van der Waals surface area contributed by atoms with Crippen molar-refractivity contribution in [3.05, 3.63) is 23.8 Å². The Morgan fingerprint density at radius 1 is 1.43 bits per heavy atom. The summed E-state index contributed by atoms with van der Waals surface area (Å²) in [5.74, 6) is 0.985. The predicted molar refractivity (Wildman–Crippen MR) is 78.4 cm³/mol. The summed E-state index contributed by atoms with van der Waals surface area (Å²) < 4.78 is 16.3. The van der Waals surface area contributed by atoms with Crippen molar-refractivity contribution in [1.82, 2.24) is 4.90 Å². The van der Waals surface area contributed by atoms with Crippen LogP contribution < -0.4 is 15.2 Å². The lowest BCUT2D eigenvalue weighted by atomic mass is 10.1. The largest absolute Gasteiger partial charge is 0.493 e. The molecule has 1 aromatic rings. The van der Waals surface area contributed by atoms with Crippen molar-refractivity contribution in [2.45, 2.75) is 25.6 Å². The third-order valence-electron chi connectivity index (χ3n) is 3.75. The number of rotatable bonds is 5. The molecule has 0 bridgehead atoms. The number of nitrogens with zero attached hydrogens (tertiary/aromatic N) is 1. The van der Waals surface area contributed by atoms with Crippen molar-refractivity contribution < 1.29 is 19.0 Å². The number of hydrogen-bond donors (Lipinski definition) is 1. The number of carbonyl (C=O) groups excluding carboxylic acids is 1. The van der Waals surface area contributed by atoms with Gasteiger partial charge in [0.25, 0.3) is 0 Å². The van der Waals surface area contributed by atoms with E-state index in [-0.39, 0.29) is 12.0 Å². The maximum Gasteiger partial charge on any atom is 0.237 e. The first-order valence-corrected chi connectivity index (χ1v) is 6.93. The summed E-state index contributed by atoms with van der Waals surface area (Å²) >= 11 is 0. The van der Waals surface area contributed by atoms with Gasteiger partial charge < -0.3 is 19.9 Å². The van der Waals surface area contributed by atoms with Gasteiger partial charge in [-0.25, -0.2) is 0 Å². The van der Waals surface area contributed by atoms with Gasteiger partial charge in [0.05, 0.1) is 26.9 Å². The second-order valence-electron chi connectivity index (χ2n) is 5.05. The Morgan fingerprint density at radius 2 is 2.19 bits per heavy atom. The first-order valence-electron chi connectivity index (χ1n) is 6.93. The smallest absolute Gasteiger partial charge is 0.237 e. The van der Waals surface area contributed by atoms with E-state index in [1.807, 2.05) is 30.0 Å². The minimum absolute atomic E-state index is 0.215. The molecule has 0 aliphatic carbocycles. The van der Waals surface area contributed by atoms with Gasteiger partial charge in [-0.2, -0.15) is 0 Å². The fourth-order valence-corrected chi connectivity index (χ4v) is 2.77. The summed E-state index contributed by atoms with van der Waals surface area (Å²) in [6.45, 7) is 3.65. The van der Waals surface area contributed by atoms with E-state index in [0.717, 1.165) is 5.56 Å². The standard InChI is InChI=1S/C15H22N2O4/c1-10-13(15(16)18)17(7-8-21-10)9-11-5-4-6-12(19-2)14(11)20-3/h4-6,10,13H,7-9H2,1-3H3,(H2,16,18)/t10-,13+/m1/s1. The van der Waals surface area contributed by atoms with Crippen molar-refractivity contribution in [2.24, 2.45) is 5.73 Å². The van der Waals surface area contributed by atoms with E-state index in [9.17, 15) is 4.79 Å². The number of morpholine rings is 1. The van der Waals surface area contributed by atoms with Crippen LogP contribution in [0.3, 0.4) is 0 Å². The van der Waals surface area contributed by atoms with E-state index in [1.165, 1.54) is 0 Å². The van der Waals surface area contributed by atoms with E-state index < -0.39 is 6.04 Å². The summed E-state index contributed by atoms with van der Waals surface area (Å²) in [7, 11) is 3.21. The molecule has 0 unspecified atom stereocenters. The molecule has 1 amide bonds. The number of hydrogen-bond acceptors (Lipinski definition) is 5. The minimum Gasteiger partial charge on any atom is -0.493 e. The lowest BCUT2D eigenvalue weighted by Gasteiger charge is -2.38. The zero-order valence-corrected chi connectivity index (χ0v) is 12.7. The summed E-state index contributed by atoms with van der Waals surface area (Å²) in [6.07, 6.45) is -0.215. The first-order chi connectivity index (χ1) is 10.1. The highest BCUT2D eigenvalue weighted by Crippen LogP contribution is 2.32. The van der Waals surface area contributed by atoms with Crippen molar-refractivity contribution in [2.75, 3.05) is 27.4 Å². The van der Waals surface area contributed by atoms with Gasteiger partial charge >= 0.3 is 0 Å². The van der Waals surface area contributed by atoms with Gasteiger partial charge in [0.2, 0.25) is 5.91 Å². The van der Waals surface area contributed by atoms with Crippen molar-refractivity contribution >= 4 is 5.91 Å². The topological polar surface area (TPSA) is 74.0 Å². The minimum atomic E-state index is -0.436. The first kappa shape index (κ1) is 15.6. The Morgan fingerprint density at radius 3 is 2.81 bits per heavy atom. The Hall–Kier alpha value is -1.79. The molecule has 2 N–H and O–H groups in total. The van der Waals surface area contributed by atoms with Gasteiger partial charge in [-0.15, -0.1) is 0 Å². The average Bonchev–Trinajstić information content (AvgIpc) is 2.46. The molecule has 21 heavy (non-hydrogen) atoms. The predicted octanol–water partition coefficient (Wildman–Crippen LogP) is 0.778. The van der Waals surface area contributed by atoms with Gasteiger partial charge in [-0.3, -0.25) is 9.69 Å². The molecular formula is C15H22N2O4. The van der Waals surface area contributed by atoms with E-state index in [0.29, 0.717) is 31.2 Å². The van der Waals surface area contributed by atoms with E-state index in [4.69, 9.17) is 19.9 Å². The Balaban J connectivity index is 2.25. The zero-order valence-electron chi connectivity index (χ0n) is 12.7. The van der Waals surface area contributed by atoms with Crippen molar-refractivity contribution in [3.8, 4) is 11.5 Å². The van der Waals surface area contributed by atoms with Crippen molar-refractivity contribution in [3.63, 3.8) is 0 Å². The molecule has 6 nitrogen and oxygen atoms in total. The summed E-state index contributed by atoms with van der Waals surface area (Å²) in [4.78, 5) is 13.7. The molecule has 1 heterocycles. The van der Waals surface area contributed by atoms with Gasteiger partial charge in [0, 0.05) is 18.7 Å². The third-order valence-corrected chi connectivity index (χ3v) is 3.75. The quantitative estimate of drug-likeness (QED) is 0.868. The van der Waals surface area contributed by atoms with E-state index in [1.54, 1.807) is 14.2 Å². The third kappa shape index (κ3) is 3.28. The van der Waals surface area contributed by atoms with Crippen LogP contribution in [0.1, 0.15) is 12.5 Å². The molecule has 0 radical (unpaired) electrons. The van der Waals surface area contributed by atoms with E-state index in [2.05, 4.69) is 0 Å². The maximum absolute atomic E-state index is 11.7. The summed E-state index contributed by atoms with van der Waals surface area (Å²) in [5, 5.41) is 0. The van der Waals surface area contributed by atoms with Gasteiger partial charge in [-0.05, 0) is 13.0 Å². The molecule has 1 aliphatic heterocycles. The number of amides is 1. The molecule has 1 aliphatic rings. The van der Waals surface area contributed by atoms with Crippen LogP contribution in [0.15, 0.2) is 18.2 Å². The summed E-state index contributed by atoms with van der Waals surface area (Å²) in [5.41, 5.74) is 6.47. The van der Waals surface area contributed by atoms with Crippen LogP contribution in [-0.2, 0) is 16.1 Å². The lowest BCUT2D eigenvalue weighted by molar-refractivity contribution is -0.136. The monoisotopic (exact) mass is 294 g/mol. The van der Waals surface area contributed by atoms with Crippen molar-refractivity contribution in [1.29, 1.82) is 0 Å². The number of primary amides is 1. The molecule has 2 rings (SSSR count). The molecule has 2 atom stereocenters. The van der Waals surface area contributed by atoms with Crippen LogP contribution in [-0.4, -0.2) is 50.3 Å². The van der Waals surface area contributed by atoms with Gasteiger partial charge in [0.15, 0.2) is 11.5 Å². The highest BCUT2D eigenvalue weighted by molar-refractivity contribution is 5.80. The second-order valence-corrected chi connectivity index (χ2v) is 5.05. The van der Waals surface area contributed by atoms with Crippen LogP contribution in [0.2, 0.25) is 0 Å². The molecule has 0 spiro atoms. The molecule has 0 aromatic heterocycles. The highest BCUT2D eigenvalue weighted by Gasteiger charge is 2.34. The molecule has 1 aromatic carbocycles. The highest BCUT2D eigenvalue weighted by atomic mass is 16.5. The fourth-order valence-electron chi connectivity index (χ4n) is 2.77. The van der Waals surface area contributed by atoms with Gasteiger partial charge in [0.1, 0.15) is 6.04 Å². The number of ether oxygens (including phenoxy) is 3. The molecule has 1 saturated heterocycles. The SMILES string of the molecule is COc1cccc(CN2CCO[C@H](C)[C@H]2C(N)=O)c1OC. The van der Waals surface area contributed by atoms with E-state index >= 15 is 0 Å². The Kier molecular flexibility index (Phi) is 5.03. The molecular weight excluding hydrogens is 272 g/mol. The number of para-hydroxylation sites is 1. The van der Waals surface area contributed by atoms with Crippen LogP contribution in [0.4, 0.5) is 0 Å². The molecule has 1 fully saturated rings. The second kappa shape index (κ2) is 6.78. The molecule has 116 valence electrons. The average molecular weight is 294 g/mol. The Bertz CT molecular complexity index is 506. The lowest BCUT2D eigenvalue weighted by Crippen LogP contribution is -2.56. The Labute approximate surface area is 124 Å². The zero-order chi connectivity index (χ0) is 15.4. The number of benzene rings is 1. The fraction of sp³-hybridized carbons (Fsp3) is 0.533. The van der Waals surface area contributed by atoms with Crippen LogP contribution >= 0.6 is 0 Å². The normalized spacial score (nSPS) is 22.8. The molecule has 0 saturated carbocycles. The van der Waals surface area contributed by atoms with Crippen LogP contribution in [0.25, 0.3) is 0 Å². The number of nitrogens with two attached hydrogens (primary N) is 1. The summed E-state index contributed by atoms with van der Waals surface area (Å²) in [6, 6.07) is 5.27. The van der Waals surface area contributed by atoms with Crippen LogP contribution in [0, 0.1) is 0 Å².